The van der Waals surface area contributed by atoms with Crippen molar-refractivity contribution in [2.45, 2.75) is 6.54 Å². The van der Waals surface area contributed by atoms with E-state index in [0.29, 0.717) is 6.54 Å². The van der Waals surface area contributed by atoms with Crippen molar-refractivity contribution >= 4 is 5.91 Å². The number of carbonyl (C=O) groups excluding carboxylic acids is 1. The highest BCUT2D eigenvalue weighted by molar-refractivity contribution is 5.94. The molecule has 0 aromatic carbocycles. The van der Waals surface area contributed by atoms with Gasteiger partial charge in [-0.2, -0.15) is 0 Å². The zero-order chi connectivity index (χ0) is 13.0. The maximum absolute atomic E-state index is 12.0. The Hall–Kier alpha value is -2.43. The average Bonchev–Trinajstić information content (AvgIpc) is 2.39. The van der Waals surface area contributed by atoms with E-state index in [4.69, 9.17) is 0 Å². The second-order valence-corrected chi connectivity index (χ2v) is 3.85. The monoisotopic (exact) mass is 243 g/mol. The Balaban J connectivity index is 2.13. The fourth-order valence-electron chi connectivity index (χ4n) is 1.55. The van der Waals surface area contributed by atoms with Crippen molar-refractivity contribution in [3.8, 4) is 5.75 Å². The third-order valence-corrected chi connectivity index (χ3v) is 2.46. The molecule has 92 valence electrons. The largest absolute Gasteiger partial charge is 0.505 e. The van der Waals surface area contributed by atoms with Gasteiger partial charge >= 0.3 is 0 Å². The van der Waals surface area contributed by atoms with Crippen LogP contribution < -0.4 is 0 Å². The molecular weight excluding hydrogens is 230 g/mol. The minimum absolute atomic E-state index is 0.0518. The molecule has 0 fully saturated rings. The van der Waals surface area contributed by atoms with Gasteiger partial charge in [0, 0.05) is 19.4 Å². The van der Waals surface area contributed by atoms with Crippen molar-refractivity contribution in [1.29, 1.82) is 0 Å². The summed E-state index contributed by atoms with van der Waals surface area (Å²) in [6.45, 7) is 0.371. The van der Waals surface area contributed by atoms with Crippen LogP contribution in [0.4, 0.5) is 0 Å². The zero-order valence-electron chi connectivity index (χ0n) is 9.95. The number of hydrogen-bond acceptors (Lipinski definition) is 4. The van der Waals surface area contributed by atoms with E-state index in [2.05, 4.69) is 9.97 Å². The smallest absolute Gasteiger partial charge is 0.276 e. The normalized spacial score (nSPS) is 10.1. The summed E-state index contributed by atoms with van der Waals surface area (Å²) in [7, 11) is 1.64. The van der Waals surface area contributed by atoms with Gasteiger partial charge in [0.1, 0.15) is 5.75 Å². The van der Waals surface area contributed by atoms with Gasteiger partial charge in [-0.1, -0.05) is 6.07 Å². The molecule has 0 saturated heterocycles. The summed E-state index contributed by atoms with van der Waals surface area (Å²) in [5.74, 6) is -0.450. The first-order valence-electron chi connectivity index (χ1n) is 5.48. The standard InChI is InChI=1S/C13H13N3O2/c1-16(9-10-5-2-3-7-14-10)13(18)12-11(17)6-4-8-15-12/h2-8,17H,9H2,1H3. The van der Waals surface area contributed by atoms with Crippen LogP contribution in [0.2, 0.25) is 0 Å². The van der Waals surface area contributed by atoms with Gasteiger partial charge in [-0.05, 0) is 24.3 Å². The third kappa shape index (κ3) is 2.63. The molecular formula is C13H13N3O2. The van der Waals surface area contributed by atoms with Gasteiger partial charge in [0.15, 0.2) is 5.69 Å². The Kier molecular flexibility index (Phi) is 3.52. The maximum Gasteiger partial charge on any atom is 0.276 e. The molecule has 0 aliphatic carbocycles. The summed E-state index contributed by atoms with van der Waals surface area (Å²) < 4.78 is 0. The first-order chi connectivity index (χ1) is 8.68. The molecule has 0 saturated carbocycles. The molecule has 0 bridgehead atoms. The molecule has 0 aliphatic rings. The Morgan fingerprint density at radius 3 is 2.67 bits per heavy atom. The quantitative estimate of drug-likeness (QED) is 0.886. The van der Waals surface area contributed by atoms with Crippen LogP contribution in [0, 0.1) is 0 Å². The Labute approximate surface area is 105 Å². The number of rotatable bonds is 3. The molecule has 1 N–H and O–H groups in total. The number of amides is 1. The highest BCUT2D eigenvalue weighted by atomic mass is 16.3. The second-order valence-electron chi connectivity index (χ2n) is 3.85. The summed E-state index contributed by atoms with van der Waals surface area (Å²) in [5.41, 5.74) is 0.833. The van der Waals surface area contributed by atoms with Gasteiger partial charge in [-0.3, -0.25) is 9.78 Å². The number of pyridine rings is 2. The van der Waals surface area contributed by atoms with Crippen LogP contribution in [0.5, 0.6) is 5.75 Å². The Bertz CT molecular complexity index is 543. The number of hydrogen-bond donors (Lipinski definition) is 1. The summed E-state index contributed by atoms with van der Waals surface area (Å²) in [5, 5.41) is 9.57. The fourth-order valence-corrected chi connectivity index (χ4v) is 1.55. The lowest BCUT2D eigenvalue weighted by Gasteiger charge is -2.16. The van der Waals surface area contributed by atoms with Crippen LogP contribution in [0.3, 0.4) is 0 Å². The molecule has 1 amide bonds. The second kappa shape index (κ2) is 5.27. The van der Waals surface area contributed by atoms with E-state index in [9.17, 15) is 9.90 Å². The van der Waals surface area contributed by atoms with E-state index in [1.807, 2.05) is 18.2 Å². The van der Waals surface area contributed by atoms with Crippen molar-refractivity contribution in [3.05, 3.63) is 54.1 Å². The summed E-state index contributed by atoms with van der Waals surface area (Å²) in [6, 6.07) is 8.52. The van der Waals surface area contributed by atoms with E-state index in [1.54, 1.807) is 19.3 Å². The van der Waals surface area contributed by atoms with E-state index in [0.717, 1.165) is 5.69 Å². The van der Waals surface area contributed by atoms with Crippen LogP contribution in [-0.2, 0) is 6.54 Å². The van der Waals surface area contributed by atoms with Crippen molar-refractivity contribution < 1.29 is 9.90 Å². The molecule has 0 radical (unpaired) electrons. The number of nitrogens with zero attached hydrogens (tertiary/aromatic N) is 3. The summed E-state index contributed by atoms with van der Waals surface area (Å²) >= 11 is 0. The molecule has 18 heavy (non-hydrogen) atoms. The van der Waals surface area contributed by atoms with Gasteiger partial charge in [0.25, 0.3) is 5.91 Å². The van der Waals surface area contributed by atoms with Crippen LogP contribution in [0.25, 0.3) is 0 Å². The maximum atomic E-state index is 12.0. The van der Waals surface area contributed by atoms with Crippen LogP contribution >= 0.6 is 0 Å². The van der Waals surface area contributed by atoms with Crippen molar-refractivity contribution in [1.82, 2.24) is 14.9 Å². The van der Waals surface area contributed by atoms with Crippen LogP contribution in [0.15, 0.2) is 42.7 Å². The third-order valence-electron chi connectivity index (χ3n) is 2.46. The van der Waals surface area contributed by atoms with Gasteiger partial charge < -0.3 is 10.0 Å². The molecule has 5 heteroatoms. The van der Waals surface area contributed by atoms with Gasteiger partial charge in [-0.15, -0.1) is 0 Å². The van der Waals surface area contributed by atoms with E-state index < -0.39 is 0 Å². The Morgan fingerprint density at radius 2 is 2.00 bits per heavy atom. The highest BCUT2D eigenvalue weighted by Crippen LogP contribution is 2.15. The SMILES string of the molecule is CN(Cc1ccccn1)C(=O)c1ncccc1O. The minimum Gasteiger partial charge on any atom is -0.505 e. The fraction of sp³-hybridized carbons (Fsp3) is 0.154. The molecule has 2 rings (SSSR count). The van der Waals surface area contributed by atoms with E-state index in [1.165, 1.54) is 17.2 Å². The molecule has 0 unspecified atom stereocenters. The van der Waals surface area contributed by atoms with Crippen molar-refractivity contribution in [2.24, 2.45) is 0 Å². The predicted octanol–water partition coefficient (Wildman–Crippen LogP) is 1.45. The lowest BCUT2D eigenvalue weighted by Crippen LogP contribution is -2.27. The average molecular weight is 243 g/mol. The predicted molar refractivity (Wildman–Crippen MR) is 65.9 cm³/mol. The van der Waals surface area contributed by atoms with Gasteiger partial charge in [-0.25, -0.2) is 4.98 Å². The van der Waals surface area contributed by atoms with Crippen molar-refractivity contribution in [2.75, 3.05) is 7.05 Å². The minimum atomic E-state index is -0.334. The molecule has 0 spiro atoms. The van der Waals surface area contributed by atoms with Gasteiger partial charge in [0.2, 0.25) is 0 Å². The molecule has 2 aromatic rings. The Morgan fingerprint density at radius 1 is 1.22 bits per heavy atom. The lowest BCUT2D eigenvalue weighted by atomic mass is 10.2. The molecule has 0 aliphatic heterocycles. The molecule has 5 nitrogen and oxygen atoms in total. The van der Waals surface area contributed by atoms with Crippen LogP contribution in [0.1, 0.15) is 16.2 Å². The van der Waals surface area contributed by atoms with Crippen LogP contribution in [-0.4, -0.2) is 32.9 Å². The first-order valence-corrected chi connectivity index (χ1v) is 5.48. The molecule has 2 aromatic heterocycles. The number of aromatic nitrogens is 2. The summed E-state index contributed by atoms with van der Waals surface area (Å²) in [4.78, 5) is 21.5. The van der Waals surface area contributed by atoms with Gasteiger partial charge in [0.05, 0.1) is 12.2 Å². The lowest BCUT2D eigenvalue weighted by molar-refractivity contribution is 0.0774. The first kappa shape index (κ1) is 12.0. The molecule has 0 atom stereocenters. The van der Waals surface area contributed by atoms with Crippen molar-refractivity contribution in [3.63, 3.8) is 0 Å². The van der Waals surface area contributed by atoms with E-state index >= 15 is 0 Å². The number of carbonyl (C=O) groups is 1. The topological polar surface area (TPSA) is 66.3 Å². The highest BCUT2D eigenvalue weighted by Gasteiger charge is 2.17. The summed E-state index contributed by atoms with van der Waals surface area (Å²) in [6.07, 6.45) is 3.15. The zero-order valence-corrected chi connectivity index (χ0v) is 9.95. The number of aromatic hydroxyl groups is 1. The van der Waals surface area contributed by atoms with E-state index in [-0.39, 0.29) is 17.4 Å². The molecule has 2 heterocycles.